The summed E-state index contributed by atoms with van der Waals surface area (Å²) in [6.07, 6.45) is 1.93. The van der Waals surface area contributed by atoms with E-state index in [-0.39, 0.29) is 5.56 Å². The summed E-state index contributed by atoms with van der Waals surface area (Å²) in [5.74, 6) is 0. The van der Waals surface area contributed by atoms with E-state index >= 15 is 0 Å². The number of hydrogen-bond donors (Lipinski definition) is 0. The third-order valence-electron chi connectivity index (χ3n) is 3.52. The van der Waals surface area contributed by atoms with Gasteiger partial charge in [0.2, 0.25) is 0 Å². The average molecular weight is 308 g/mol. The fourth-order valence-electron chi connectivity index (χ4n) is 2.47. The van der Waals surface area contributed by atoms with E-state index in [4.69, 9.17) is 0 Å². The van der Waals surface area contributed by atoms with E-state index in [2.05, 4.69) is 5.10 Å². The quantitative estimate of drug-likeness (QED) is 0.690. The summed E-state index contributed by atoms with van der Waals surface area (Å²) in [6.45, 7) is 0. The Kier molecular flexibility index (Phi) is 4.11. The monoisotopic (exact) mass is 308 g/mol. The van der Waals surface area contributed by atoms with Gasteiger partial charge in [0.1, 0.15) is 5.69 Å². The van der Waals surface area contributed by atoms with Crippen molar-refractivity contribution >= 4 is 11.8 Å². The maximum absolute atomic E-state index is 12.5. The second kappa shape index (κ2) is 6.20. The lowest BCUT2D eigenvalue weighted by molar-refractivity contribution is 0.695. The van der Waals surface area contributed by atoms with Gasteiger partial charge in [-0.3, -0.25) is 4.79 Å². The van der Waals surface area contributed by atoms with Gasteiger partial charge in [0, 0.05) is 18.2 Å². The highest BCUT2D eigenvalue weighted by molar-refractivity contribution is 7.98. The van der Waals surface area contributed by atoms with Crippen LogP contribution in [-0.4, -0.2) is 16.0 Å². The summed E-state index contributed by atoms with van der Waals surface area (Å²) < 4.78 is 1.42. The summed E-state index contributed by atoms with van der Waals surface area (Å²) in [6, 6.07) is 19.9. The van der Waals surface area contributed by atoms with E-state index in [9.17, 15) is 4.79 Å². The minimum Gasteiger partial charge on any atom is -0.267 e. The zero-order chi connectivity index (χ0) is 15.5. The first-order valence-electron chi connectivity index (χ1n) is 6.98. The summed E-state index contributed by atoms with van der Waals surface area (Å²) >= 11 is 1.47. The Morgan fingerprint density at radius 1 is 0.909 bits per heavy atom. The molecule has 0 bridgehead atoms. The molecule has 0 aliphatic rings. The molecule has 0 aliphatic carbocycles. The van der Waals surface area contributed by atoms with Crippen LogP contribution in [0.1, 0.15) is 0 Å². The minimum atomic E-state index is -0.0639. The van der Waals surface area contributed by atoms with Gasteiger partial charge in [-0.1, -0.05) is 60.7 Å². The molecule has 3 rings (SSSR count). The minimum absolute atomic E-state index is 0.0639. The van der Waals surface area contributed by atoms with Crippen molar-refractivity contribution in [1.29, 1.82) is 0 Å². The van der Waals surface area contributed by atoms with Crippen LogP contribution >= 0.6 is 11.8 Å². The van der Waals surface area contributed by atoms with E-state index in [1.807, 2.05) is 66.9 Å². The Morgan fingerprint density at radius 3 is 2.00 bits per heavy atom. The predicted octanol–water partition coefficient (Wildman–Crippen LogP) is 3.84. The maximum Gasteiger partial charge on any atom is 0.280 e. The molecule has 3 nitrogen and oxygen atoms in total. The van der Waals surface area contributed by atoms with E-state index in [1.54, 1.807) is 7.05 Å². The third-order valence-corrected chi connectivity index (χ3v) is 4.30. The fraction of sp³-hybridized carbons (Fsp3) is 0.111. The number of rotatable bonds is 3. The molecule has 0 aliphatic heterocycles. The van der Waals surface area contributed by atoms with Crippen LogP contribution in [0.5, 0.6) is 0 Å². The van der Waals surface area contributed by atoms with Gasteiger partial charge in [0.05, 0.1) is 4.90 Å². The SMILES string of the molecule is CSc1c(-c2ccccc2)c(-c2ccccc2)nn(C)c1=O. The molecule has 1 heterocycles. The van der Waals surface area contributed by atoms with Crippen molar-refractivity contribution in [2.24, 2.45) is 7.05 Å². The molecule has 0 N–H and O–H groups in total. The molecule has 0 unspecified atom stereocenters. The van der Waals surface area contributed by atoms with Crippen LogP contribution in [0.15, 0.2) is 70.4 Å². The normalized spacial score (nSPS) is 10.6. The summed E-state index contributed by atoms with van der Waals surface area (Å²) in [5.41, 5.74) is 3.69. The number of nitrogens with zero attached hydrogens (tertiary/aromatic N) is 2. The predicted molar refractivity (Wildman–Crippen MR) is 92.1 cm³/mol. The standard InChI is InChI=1S/C18H16N2OS/c1-20-18(21)17(22-2)15(13-9-5-3-6-10-13)16(19-20)14-11-7-4-8-12-14/h3-12H,1-2H3. The molecule has 3 aromatic rings. The van der Waals surface area contributed by atoms with Gasteiger partial charge < -0.3 is 0 Å². The van der Waals surface area contributed by atoms with Gasteiger partial charge in [0.15, 0.2) is 0 Å². The molecule has 4 heteroatoms. The van der Waals surface area contributed by atoms with E-state index in [0.717, 1.165) is 27.3 Å². The second-order valence-corrected chi connectivity index (χ2v) is 5.73. The van der Waals surface area contributed by atoms with Crippen molar-refractivity contribution < 1.29 is 0 Å². The number of aromatic nitrogens is 2. The highest BCUT2D eigenvalue weighted by Crippen LogP contribution is 2.35. The molecule has 1 aromatic heterocycles. The van der Waals surface area contributed by atoms with E-state index in [1.165, 1.54) is 16.4 Å². The Labute approximate surface area is 133 Å². The fourth-order valence-corrected chi connectivity index (χ4v) is 3.19. The molecule has 110 valence electrons. The molecule has 2 aromatic carbocycles. The van der Waals surface area contributed by atoms with Gasteiger partial charge in [0.25, 0.3) is 5.56 Å². The lowest BCUT2D eigenvalue weighted by Crippen LogP contribution is -2.23. The summed E-state index contributed by atoms with van der Waals surface area (Å²) in [7, 11) is 1.70. The molecular formula is C18H16N2OS. The molecule has 0 radical (unpaired) electrons. The zero-order valence-electron chi connectivity index (χ0n) is 12.5. The molecule has 0 fully saturated rings. The zero-order valence-corrected chi connectivity index (χ0v) is 13.3. The molecule has 0 amide bonds. The van der Waals surface area contributed by atoms with Crippen LogP contribution in [0.2, 0.25) is 0 Å². The van der Waals surface area contributed by atoms with Crippen LogP contribution in [0.3, 0.4) is 0 Å². The van der Waals surface area contributed by atoms with Gasteiger partial charge in [-0.15, -0.1) is 11.8 Å². The van der Waals surface area contributed by atoms with Gasteiger partial charge in [-0.05, 0) is 11.8 Å². The maximum atomic E-state index is 12.5. The number of benzene rings is 2. The van der Waals surface area contributed by atoms with Crippen LogP contribution in [-0.2, 0) is 7.05 Å². The Balaban J connectivity index is 2.39. The van der Waals surface area contributed by atoms with Crippen molar-refractivity contribution in [1.82, 2.24) is 9.78 Å². The van der Waals surface area contributed by atoms with Crippen molar-refractivity contribution in [2.75, 3.05) is 6.26 Å². The molecular weight excluding hydrogens is 292 g/mol. The lowest BCUT2D eigenvalue weighted by atomic mass is 10.00. The smallest absolute Gasteiger partial charge is 0.267 e. The first-order valence-corrected chi connectivity index (χ1v) is 8.21. The van der Waals surface area contributed by atoms with Crippen LogP contribution < -0.4 is 5.56 Å². The highest BCUT2D eigenvalue weighted by Gasteiger charge is 2.18. The lowest BCUT2D eigenvalue weighted by Gasteiger charge is -2.14. The molecule has 0 saturated heterocycles. The van der Waals surface area contributed by atoms with Crippen molar-refractivity contribution in [3.8, 4) is 22.4 Å². The van der Waals surface area contributed by atoms with Gasteiger partial charge in [-0.25, -0.2) is 4.68 Å². The summed E-state index contributed by atoms with van der Waals surface area (Å²) in [5, 5.41) is 4.52. The largest absolute Gasteiger partial charge is 0.280 e. The molecule has 22 heavy (non-hydrogen) atoms. The van der Waals surface area contributed by atoms with Crippen LogP contribution in [0.25, 0.3) is 22.4 Å². The third kappa shape index (κ3) is 2.57. The molecule has 0 saturated carbocycles. The average Bonchev–Trinajstić information content (AvgIpc) is 2.58. The second-order valence-electron chi connectivity index (χ2n) is 4.92. The Hall–Kier alpha value is -2.33. The highest BCUT2D eigenvalue weighted by atomic mass is 32.2. The van der Waals surface area contributed by atoms with Crippen molar-refractivity contribution in [2.45, 2.75) is 4.90 Å². The topological polar surface area (TPSA) is 34.9 Å². The Morgan fingerprint density at radius 2 is 1.45 bits per heavy atom. The number of aryl methyl sites for hydroxylation is 1. The summed E-state index contributed by atoms with van der Waals surface area (Å²) in [4.78, 5) is 13.2. The number of thioether (sulfide) groups is 1. The van der Waals surface area contributed by atoms with Crippen molar-refractivity contribution in [3.63, 3.8) is 0 Å². The van der Waals surface area contributed by atoms with Crippen LogP contribution in [0, 0.1) is 0 Å². The van der Waals surface area contributed by atoms with E-state index < -0.39 is 0 Å². The van der Waals surface area contributed by atoms with Crippen LogP contribution in [0.4, 0.5) is 0 Å². The molecule has 0 spiro atoms. The Bertz CT molecular complexity index is 842. The van der Waals surface area contributed by atoms with Crippen molar-refractivity contribution in [3.05, 3.63) is 71.0 Å². The van der Waals surface area contributed by atoms with Gasteiger partial charge in [-0.2, -0.15) is 5.10 Å². The van der Waals surface area contributed by atoms with E-state index in [0.29, 0.717) is 0 Å². The van der Waals surface area contributed by atoms with Gasteiger partial charge >= 0.3 is 0 Å². The number of hydrogen-bond acceptors (Lipinski definition) is 3. The first-order chi connectivity index (χ1) is 10.7. The molecule has 0 atom stereocenters. The first kappa shape index (κ1) is 14.6.